The van der Waals surface area contributed by atoms with Crippen molar-refractivity contribution in [1.82, 2.24) is 9.80 Å². The van der Waals surface area contributed by atoms with Gasteiger partial charge in [-0.2, -0.15) is 0 Å². The van der Waals surface area contributed by atoms with Crippen LogP contribution in [0.1, 0.15) is 25.3 Å². The fraction of sp³-hybridized carbons (Fsp3) is 0.500. The van der Waals surface area contributed by atoms with Crippen LogP contribution in [0.15, 0.2) is 24.3 Å². The minimum atomic E-state index is -1.24. The number of rotatable bonds is 3. The summed E-state index contributed by atoms with van der Waals surface area (Å²) < 4.78 is 5.17. The molecule has 0 unspecified atom stereocenters. The summed E-state index contributed by atoms with van der Waals surface area (Å²) in [5.41, 5.74) is 5.98. The van der Waals surface area contributed by atoms with Gasteiger partial charge in [0.25, 0.3) is 5.91 Å². The van der Waals surface area contributed by atoms with E-state index < -0.39 is 22.9 Å². The number of esters is 1. The Kier molecular flexibility index (Phi) is 4.10. The van der Waals surface area contributed by atoms with Crippen LogP contribution in [0.3, 0.4) is 0 Å². The fourth-order valence-corrected chi connectivity index (χ4v) is 5.71. The highest BCUT2D eigenvalue weighted by Crippen LogP contribution is 2.51. The van der Waals surface area contributed by atoms with Gasteiger partial charge in [0.2, 0.25) is 5.91 Å². The number of fused-ring (bicyclic) bond motifs is 2. The molecular weight excluding hydrogens is 354 g/mol. The third-order valence-corrected chi connectivity index (χ3v) is 6.68. The predicted molar refractivity (Wildman–Crippen MR) is 97.0 cm³/mol. The molecule has 3 atom stereocenters. The molecule has 2 amide bonds. The molecule has 3 heterocycles. The van der Waals surface area contributed by atoms with E-state index in [1.165, 1.54) is 16.7 Å². The Morgan fingerprint density at radius 2 is 2.15 bits per heavy atom. The Balaban J connectivity index is 1.88. The van der Waals surface area contributed by atoms with Crippen LogP contribution >= 0.6 is 11.8 Å². The molecule has 1 aromatic carbocycles. The molecule has 3 saturated heterocycles. The quantitative estimate of drug-likeness (QED) is 0.624. The number of carbonyl (C=O) groups excluding carboxylic acids is 3. The van der Waals surface area contributed by atoms with E-state index in [4.69, 9.17) is 10.5 Å². The Morgan fingerprint density at radius 3 is 2.88 bits per heavy atom. The molecule has 1 aromatic rings. The smallest absolute Gasteiger partial charge is 0.339 e. The molecule has 7 nitrogen and oxygen atoms in total. The molecule has 0 saturated carbocycles. The SMILES string of the molecule is CCOC(=O)[C@@H]1SC[C@@]2(c3ccccc3N)C(=O)N3CCC[C@H]3C(=O)N12. The first-order valence-corrected chi connectivity index (χ1v) is 9.84. The van der Waals surface area contributed by atoms with Gasteiger partial charge in [0, 0.05) is 23.5 Å². The number of ether oxygens (including phenoxy) is 1. The Bertz CT molecular complexity index is 785. The summed E-state index contributed by atoms with van der Waals surface area (Å²) in [6, 6.07) is 6.60. The van der Waals surface area contributed by atoms with Gasteiger partial charge in [-0.05, 0) is 25.8 Å². The minimum absolute atomic E-state index is 0.142. The molecular formula is C18H21N3O4S. The van der Waals surface area contributed by atoms with Crippen molar-refractivity contribution in [1.29, 1.82) is 0 Å². The Hall–Kier alpha value is -2.22. The van der Waals surface area contributed by atoms with E-state index >= 15 is 0 Å². The largest absolute Gasteiger partial charge is 0.464 e. The zero-order chi connectivity index (χ0) is 18.5. The molecule has 2 N–H and O–H groups in total. The first kappa shape index (κ1) is 17.2. The van der Waals surface area contributed by atoms with Crippen LogP contribution in [0.5, 0.6) is 0 Å². The van der Waals surface area contributed by atoms with E-state index in [9.17, 15) is 14.4 Å². The minimum Gasteiger partial charge on any atom is -0.464 e. The van der Waals surface area contributed by atoms with E-state index in [0.29, 0.717) is 30.0 Å². The maximum atomic E-state index is 13.5. The average Bonchev–Trinajstić information content (AvgIpc) is 3.26. The molecule has 0 spiro atoms. The number of hydrogen-bond acceptors (Lipinski definition) is 6. The number of nitrogens with zero attached hydrogens (tertiary/aromatic N) is 2. The van der Waals surface area contributed by atoms with Crippen molar-refractivity contribution in [3.05, 3.63) is 29.8 Å². The standard InChI is InChI=1S/C18H21N3O4S/c1-2-25-16(23)15-21-14(22)13-8-5-9-20(13)17(24)18(21,10-26-15)11-6-3-4-7-12(11)19/h3-4,6-7,13,15H,2,5,8-10,19H2,1H3/t13-,15-,18+/m0/s1. The third kappa shape index (κ3) is 2.17. The number of piperazine rings is 1. The summed E-state index contributed by atoms with van der Waals surface area (Å²) in [6.07, 6.45) is 1.41. The third-order valence-electron chi connectivity index (χ3n) is 5.38. The molecule has 138 valence electrons. The van der Waals surface area contributed by atoms with E-state index in [-0.39, 0.29) is 18.4 Å². The van der Waals surface area contributed by atoms with Crippen LogP contribution in [0.25, 0.3) is 0 Å². The zero-order valence-corrected chi connectivity index (χ0v) is 15.3. The fourth-order valence-electron chi connectivity index (χ4n) is 4.26. The van der Waals surface area contributed by atoms with Crippen molar-refractivity contribution < 1.29 is 19.1 Å². The van der Waals surface area contributed by atoms with Crippen molar-refractivity contribution in [2.24, 2.45) is 0 Å². The van der Waals surface area contributed by atoms with Crippen molar-refractivity contribution in [2.75, 3.05) is 24.6 Å². The van der Waals surface area contributed by atoms with Crippen LogP contribution in [-0.4, -0.2) is 57.9 Å². The molecule has 0 radical (unpaired) electrons. The highest BCUT2D eigenvalue weighted by Gasteiger charge is 2.65. The Morgan fingerprint density at radius 1 is 1.38 bits per heavy atom. The number of nitrogens with two attached hydrogens (primary N) is 1. The highest BCUT2D eigenvalue weighted by atomic mass is 32.2. The number of benzene rings is 1. The molecule has 4 rings (SSSR count). The van der Waals surface area contributed by atoms with Gasteiger partial charge >= 0.3 is 5.97 Å². The van der Waals surface area contributed by atoms with Gasteiger partial charge in [-0.25, -0.2) is 4.79 Å². The van der Waals surface area contributed by atoms with Gasteiger partial charge in [0.05, 0.1) is 6.61 Å². The number of para-hydroxylation sites is 1. The number of carbonyl (C=O) groups is 3. The van der Waals surface area contributed by atoms with Crippen LogP contribution in [0, 0.1) is 0 Å². The van der Waals surface area contributed by atoms with Crippen LogP contribution in [-0.2, 0) is 24.7 Å². The lowest BCUT2D eigenvalue weighted by molar-refractivity contribution is -0.171. The second kappa shape index (κ2) is 6.19. The maximum absolute atomic E-state index is 13.5. The van der Waals surface area contributed by atoms with E-state index in [1.54, 1.807) is 36.1 Å². The van der Waals surface area contributed by atoms with E-state index in [2.05, 4.69) is 0 Å². The summed E-state index contributed by atoms with van der Waals surface area (Å²) in [5, 5.41) is -0.825. The van der Waals surface area contributed by atoms with Crippen LogP contribution in [0.4, 0.5) is 5.69 Å². The lowest BCUT2D eigenvalue weighted by atomic mass is 9.83. The van der Waals surface area contributed by atoms with Crippen LogP contribution < -0.4 is 5.73 Å². The summed E-state index contributed by atoms with van der Waals surface area (Å²) in [7, 11) is 0. The maximum Gasteiger partial charge on any atom is 0.339 e. The van der Waals surface area contributed by atoms with Crippen molar-refractivity contribution >= 4 is 35.2 Å². The summed E-state index contributed by atoms with van der Waals surface area (Å²) in [6.45, 7) is 2.51. The first-order valence-electron chi connectivity index (χ1n) is 8.80. The zero-order valence-electron chi connectivity index (χ0n) is 14.5. The van der Waals surface area contributed by atoms with Crippen molar-refractivity contribution in [3.63, 3.8) is 0 Å². The second-order valence-electron chi connectivity index (χ2n) is 6.73. The lowest BCUT2D eigenvalue weighted by Gasteiger charge is -2.48. The first-order chi connectivity index (χ1) is 12.5. The van der Waals surface area contributed by atoms with E-state index in [1.807, 2.05) is 0 Å². The highest BCUT2D eigenvalue weighted by molar-refractivity contribution is 8.00. The monoisotopic (exact) mass is 375 g/mol. The molecule has 0 aliphatic carbocycles. The number of anilines is 1. The van der Waals surface area contributed by atoms with Gasteiger partial charge in [-0.15, -0.1) is 11.8 Å². The number of thioether (sulfide) groups is 1. The van der Waals surface area contributed by atoms with Gasteiger partial charge in [-0.1, -0.05) is 18.2 Å². The van der Waals surface area contributed by atoms with Gasteiger partial charge in [-0.3, -0.25) is 14.5 Å². The van der Waals surface area contributed by atoms with Gasteiger partial charge < -0.3 is 15.4 Å². The normalized spacial score (nSPS) is 30.3. The van der Waals surface area contributed by atoms with Crippen LogP contribution in [0.2, 0.25) is 0 Å². The average molecular weight is 375 g/mol. The van der Waals surface area contributed by atoms with Gasteiger partial charge in [0.1, 0.15) is 6.04 Å². The molecule has 3 aliphatic rings. The Labute approximate surface area is 155 Å². The molecule has 3 fully saturated rings. The number of hydrogen-bond donors (Lipinski definition) is 1. The number of nitrogen functional groups attached to an aromatic ring is 1. The summed E-state index contributed by atoms with van der Waals surface area (Å²) in [4.78, 5) is 42.5. The van der Waals surface area contributed by atoms with E-state index in [0.717, 1.165) is 6.42 Å². The van der Waals surface area contributed by atoms with Crippen molar-refractivity contribution in [3.8, 4) is 0 Å². The van der Waals surface area contributed by atoms with Crippen molar-refractivity contribution in [2.45, 2.75) is 36.7 Å². The second-order valence-corrected chi connectivity index (χ2v) is 7.80. The molecule has 8 heteroatoms. The summed E-state index contributed by atoms with van der Waals surface area (Å²) >= 11 is 1.27. The summed E-state index contributed by atoms with van der Waals surface area (Å²) in [5.74, 6) is -0.523. The predicted octanol–water partition coefficient (Wildman–Crippen LogP) is 0.933. The molecule has 3 aliphatic heterocycles. The number of amides is 2. The molecule has 26 heavy (non-hydrogen) atoms. The molecule has 0 bridgehead atoms. The molecule has 0 aromatic heterocycles. The van der Waals surface area contributed by atoms with Gasteiger partial charge in [0.15, 0.2) is 10.9 Å². The lowest BCUT2D eigenvalue weighted by Crippen LogP contribution is -2.69. The topological polar surface area (TPSA) is 92.9 Å².